The Morgan fingerprint density at radius 1 is 1.30 bits per heavy atom. The first-order valence-electron chi connectivity index (χ1n) is 3.60. The molecular weight excluding hydrogens is 142 g/mol. The molecule has 1 heterocycles. The lowest BCUT2D eigenvalue weighted by atomic mass is 10.4. The lowest BCUT2D eigenvalue weighted by Gasteiger charge is -1.78. The fourth-order valence-corrected chi connectivity index (χ4v) is 0.752. The van der Waals surface area contributed by atoms with Crippen LogP contribution in [-0.2, 0) is 0 Å². The van der Waals surface area contributed by atoms with Gasteiger partial charge in [-0.05, 0) is 24.3 Å². The van der Waals surface area contributed by atoms with Crippen LogP contribution in [0, 0.1) is 0 Å². The van der Waals surface area contributed by atoms with Crippen molar-refractivity contribution in [1.29, 1.82) is 0 Å². The molecule has 0 saturated carbocycles. The van der Waals surface area contributed by atoms with E-state index in [0.717, 1.165) is 5.75 Å². The fraction of sp³-hybridized carbons (Fsp3) is 0.500. The summed E-state index contributed by atoms with van der Waals surface area (Å²) in [7, 11) is 0. The van der Waals surface area contributed by atoms with Crippen molar-refractivity contribution in [2.75, 3.05) is 5.75 Å². The van der Waals surface area contributed by atoms with Gasteiger partial charge in [-0.3, -0.25) is 0 Å². The summed E-state index contributed by atoms with van der Waals surface area (Å²) in [5.41, 5.74) is 0. The highest BCUT2D eigenvalue weighted by molar-refractivity contribution is 7.80. The zero-order valence-corrected chi connectivity index (χ0v) is 7.27. The van der Waals surface area contributed by atoms with E-state index in [-0.39, 0.29) is 0 Å². The van der Waals surface area contributed by atoms with Crippen LogP contribution in [0.1, 0.15) is 19.8 Å². The molecule has 0 bridgehead atoms. The standard InChI is InChI=1S/C4H5N.C4H10S/c1-2-4-5-3-1;1-2-3-4-5/h1-5H;5H,2-4H2,1H3. The summed E-state index contributed by atoms with van der Waals surface area (Å²) in [6.45, 7) is 2.16. The maximum Gasteiger partial charge on any atom is 0.000496 e. The van der Waals surface area contributed by atoms with Crippen LogP contribution in [0.3, 0.4) is 0 Å². The molecule has 0 aliphatic rings. The van der Waals surface area contributed by atoms with E-state index in [4.69, 9.17) is 0 Å². The zero-order valence-electron chi connectivity index (χ0n) is 6.38. The van der Waals surface area contributed by atoms with Crippen LogP contribution in [0.15, 0.2) is 24.5 Å². The highest BCUT2D eigenvalue weighted by Gasteiger charge is 1.68. The summed E-state index contributed by atoms with van der Waals surface area (Å²) in [6.07, 6.45) is 6.27. The van der Waals surface area contributed by atoms with E-state index in [9.17, 15) is 0 Å². The van der Waals surface area contributed by atoms with Gasteiger partial charge in [0, 0.05) is 12.4 Å². The SMILES string of the molecule is CCCCS.c1cc[nH]c1. The minimum atomic E-state index is 1.04. The molecule has 0 atom stereocenters. The van der Waals surface area contributed by atoms with Crippen molar-refractivity contribution in [3.63, 3.8) is 0 Å². The van der Waals surface area contributed by atoms with Crippen molar-refractivity contribution in [2.24, 2.45) is 0 Å². The second-order valence-corrected chi connectivity index (χ2v) is 2.41. The first-order valence-corrected chi connectivity index (χ1v) is 4.23. The van der Waals surface area contributed by atoms with Crippen molar-refractivity contribution in [2.45, 2.75) is 19.8 Å². The monoisotopic (exact) mass is 157 g/mol. The molecule has 0 saturated heterocycles. The lowest BCUT2D eigenvalue weighted by Crippen LogP contribution is -1.65. The molecule has 0 spiro atoms. The molecule has 0 aromatic carbocycles. The highest BCUT2D eigenvalue weighted by atomic mass is 32.1. The number of rotatable bonds is 2. The van der Waals surface area contributed by atoms with Crippen LogP contribution in [0.2, 0.25) is 0 Å². The Labute approximate surface area is 68.3 Å². The average Bonchev–Trinajstić information content (AvgIpc) is 2.44. The quantitative estimate of drug-likeness (QED) is 0.614. The fourth-order valence-electron chi connectivity index (χ4n) is 0.436. The average molecular weight is 157 g/mol. The van der Waals surface area contributed by atoms with E-state index in [2.05, 4.69) is 24.5 Å². The van der Waals surface area contributed by atoms with E-state index in [0.29, 0.717) is 0 Å². The van der Waals surface area contributed by atoms with Crippen LogP contribution in [-0.4, -0.2) is 10.7 Å². The summed E-state index contributed by atoms with van der Waals surface area (Å²) in [5, 5.41) is 0. The van der Waals surface area contributed by atoms with E-state index in [1.54, 1.807) is 0 Å². The van der Waals surface area contributed by atoms with Crippen LogP contribution >= 0.6 is 12.6 Å². The Morgan fingerprint density at radius 2 is 1.90 bits per heavy atom. The molecule has 0 amide bonds. The van der Waals surface area contributed by atoms with E-state index < -0.39 is 0 Å². The lowest BCUT2D eigenvalue weighted by molar-refractivity contribution is 0.899. The number of hydrogen-bond donors (Lipinski definition) is 2. The van der Waals surface area contributed by atoms with Gasteiger partial charge in [-0.1, -0.05) is 13.3 Å². The smallest absolute Gasteiger partial charge is 0.000496 e. The first kappa shape index (κ1) is 9.63. The minimum absolute atomic E-state index is 1.04. The van der Waals surface area contributed by atoms with Crippen LogP contribution in [0.25, 0.3) is 0 Å². The molecule has 0 fully saturated rings. The molecule has 1 rings (SSSR count). The predicted molar refractivity (Wildman–Crippen MR) is 49.6 cm³/mol. The first-order chi connectivity index (χ1) is 4.91. The Kier molecular flexibility index (Phi) is 8.31. The summed E-state index contributed by atoms with van der Waals surface area (Å²) in [4.78, 5) is 2.86. The maximum atomic E-state index is 4.00. The summed E-state index contributed by atoms with van der Waals surface area (Å²) >= 11 is 4.00. The number of thiol groups is 1. The maximum absolute atomic E-state index is 4.00. The third kappa shape index (κ3) is 7.63. The molecule has 0 unspecified atom stereocenters. The third-order valence-electron chi connectivity index (χ3n) is 1.01. The number of aromatic amines is 1. The number of aromatic nitrogens is 1. The van der Waals surface area contributed by atoms with Gasteiger partial charge in [0.2, 0.25) is 0 Å². The molecule has 10 heavy (non-hydrogen) atoms. The summed E-state index contributed by atoms with van der Waals surface area (Å²) in [5.74, 6) is 1.04. The summed E-state index contributed by atoms with van der Waals surface area (Å²) in [6, 6.07) is 3.89. The van der Waals surface area contributed by atoms with Crippen LogP contribution in [0.4, 0.5) is 0 Å². The Balaban J connectivity index is 0.000000162. The number of nitrogens with one attached hydrogen (secondary N) is 1. The van der Waals surface area contributed by atoms with Crippen molar-refractivity contribution in [1.82, 2.24) is 4.98 Å². The molecule has 1 nitrogen and oxygen atoms in total. The van der Waals surface area contributed by atoms with Gasteiger partial charge >= 0.3 is 0 Å². The second-order valence-electron chi connectivity index (χ2n) is 1.96. The normalized spacial score (nSPS) is 8.20. The van der Waals surface area contributed by atoms with Gasteiger partial charge < -0.3 is 4.98 Å². The third-order valence-corrected chi connectivity index (χ3v) is 1.32. The van der Waals surface area contributed by atoms with Crippen molar-refractivity contribution in [3.8, 4) is 0 Å². The van der Waals surface area contributed by atoms with Crippen LogP contribution < -0.4 is 0 Å². The molecule has 58 valence electrons. The largest absolute Gasteiger partial charge is 0.368 e. The van der Waals surface area contributed by atoms with Gasteiger partial charge in [0.05, 0.1) is 0 Å². The number of hydrogen-bond acceptors (Lipinski definition) is 1. The van der Waals surface area contributed by atoms with E-state index in [1.807, 2.05) is 24.5 Å². The van der Waals surface area contributed by atoms with Gasteiger partial charge in [-0.15, -0.1) is 0 Å². The highest BCUT2D eigenvalue weighted by Crippen LogP contribution is 1.85. The van der Waals surface area contributed by atoms with E-state index in [1.165, 1.54) is 12.8 Å². The molecule has 2 heteroatoms. The Hall–Kier alpha value is -0.370. The van der Waals surface area contributed by atoms with Gasteiger partial charge in [0.25, 0.3) is 0 Å². The summed E-state index contributed by atoms with van der Waals surface area (Å²) < 4.78 is 0. The second kappa shape index (κ2) is 8.63. The molecule has 1 aromatic heterocycles. The predicted octanol–water partition coefficient (Wildman–Crippen LogP) is 2.73. The minimum Gasteiger partial charge on any atom is -0.368 e. The van der Waals surface area contributed by atoms with Gasteiger partial charge in [-0.25, -0.2) is 0 Å². The molecule has 1 aromatic rings. The molecule has 0 aliphatic heterocycles. The molecule has 0 aliphatic carbocycles. The van der Waals surface area contributed by atoms with E-state index >= 15 is 0 Å². The molecular formula is C8H15NS. The van der Waals surface area contributed by atoms with Gasteiger partial charge in [0.1, 0.15) is 0 Å². The zero-order chi connectivity index (χ0) is 7.66. The molecule has 1 N–H and O–H groups in total. The number of unbranched alkanes of at least 4 members (excludes halogenated alkanes) is 1. The Morgan fingerprint density at radius 3 is 2.00 bits per heavy atom. The van der Waals surface area contributed by atoms with Gasteiger partial charge in [-0.2, -0.15) is 12.6 Å². The van der Waals surface area contributed by atoms with Crippen molar-refractivity contribution < 1.29 is 0 Å². The topological polar surface area (TPSA) is 15.8 Å². The Bertz CT molecular complexity index is 95.6. The number of H-pyrrole nitrogens is 1. The van der Waals surface area contributed by atoms with Crippen molar-refractivity contribution >= 4 is 12.6 Å². The van der Waals surface area contributed by atoms with Crippen LogP contribution in [0.5, 0.6) is 0 Å². The van der Waals surface area contributed by atoms with Gasteiger partial charge in [0.15, 0.2) is 0 Å². The molecule has 0 radical (unpaired) electrons. The van der Waals surface area contributed by atoms with Crippen molar-refractivity contribution in [3.05, 3.63) is 24.5 Å².